The SMILES string of the molecule is Cc1ccc(-c2ccc3c(c2)c2ccccc2n3-c2ccc(C#N)cc2-c2ccc(-c3ccc(C#N)cc3C(F)(F)F)cc2-n2c3ccccc3c3cc(-c4ccc(C)cc4)ccc32)cc1. The van der Waals surface area contributed by atoms with Crippen LogP contribution in [0.15, 0.2) is 188 Å². The lowest BCUT2D eigenvalue weighted by molar-refractivity contribution is -0.137. The van der Waals surface area contributed by atoms with Crippen LogP contribution in [0.25, 0.3) is 99.5 Å². The Bertz CT molecular complexity index is 3840. The highest BCUT2D eigenvalue weighted by Gasteiger charge is 2.34. The summed E-state index contributed by atoms with van der Waals surface area (Å²) in [6, 6.07) is 65.0. The molecule has 0 amide bonds. The Morgan fingerprint density at radius 2 is 0.833 bits per heavy atom. The van der Waals surface area contributed by atoms with Crippen LogP contribution in [-0.2, 0) is 6.18 Å². The number of aryl methyl sites for hydroxylation is 2. The zero-order valence-corrected chi connectivity index (χ0v) is 35.8. The molecule has 0 fully saturated rings. The van der Waals surface area contributed by atoms with Crippen molar-refractivity contribution in [2.75, 3.05) is 0 Å². The van der Waals surface area contributed by atoms with Crippen LogP contribution < -0.4 is 0 Å². The van der Waals surface area contributed by atoms with Gasteiger partial charge in [-0.25, -0.2) is 0 Å². The maximum Gasteiger partial charge on any atom is 0.417 e. The highest BCUT2D eigenvalue weighted by molar-refractivity contribution is 6.13. The van der Waals surface area contributed by atoms with E-state index in [4.69, 9.17) is 0 Å². The van der Waals surface area contributed by atoms with E-state index in [2.05, 4.69) is 132 Å². The van der Waals surface area contributed by atoms with E-state index >= 15 is 0 Å². The number of hydrogen-bond donors (Lipinski definition) is 0. The summed E-state index contributed by atoms with van der Waals surface area (Å²) < 4.78 is 49.1. The Kier molecular flexibility index (Phi) is 9.46. The van der Waals surface area contributed by atoms with Crippen LogP contribution in [-0.4, -0.2) is 9.13 Å². The molecule has 0 aliphatic heterocycles. The summed E-state index contributed by atoms with van der Waals surface area (Å²) >= 11 is 0. The van der Waals surface area contributed by atoms with E-state index in [1.807, 2.05) is 66.7 Å². The monoisotopic (exact) mass is 858 g/mol. The van der Waals surface area contributed by atoms with Crippen LogP contribution in [0, 0.1) is 36.5 Å². The second-order valence-electron chi connectivity index (χ2n) is 16.8. The number of aromatic nitrogens is 2. The normalized spacial score (nSPS) is 11.7. The molecule has 2 aromatic heterocycles. The molecule has 11 aromatic rings. The number of nitrogens with zero attached hydrogens (tertiary/aromatic N) is 4. The van der Waals surface area contributed by atoms with Crippen molar-refractivity contribution in [1.82, 2.24) is 9.13 Å². The van der Waals surface area contributed by atoms with Gasteiger partial charge in [-0.3, -0.25) is 0 Å². The van der Waals surface area contributed by atoms with Crippen LogP contribution in [0.2, 0.25) is 0 Å². The molecule has 0 saturated carbocycles. The summed E-state index contributed by atoms with van der Waals surface area (Å²) in [5.41, 5.74) is 12.9. The summed E-state index contributed by atoms with van der Waals surface area (Å²) in [6.45, 7) is 4.13. The first-order valence-electron chi connectivity index (χ1n) is 21.6. The van der Waals surface area contributed by atoms with Gasteiger partial charge in [0.25, 0.3) is 0 Å². The summed E-state index contributed by atoms with van der Waals surface area (Å²) in [5.74, 6) is 0. The van der Waals surface area contributed by atoms with Crippen LogP contribution in [0.4, 0.5) is 13.2 Å². The van der Waals surface area contributed by atoms with Gasteiger partial charge in [0.1, 0.15) is 0 Å². The zero-order chi connectivity index (χ0) is 45.3. The quantitative estimate of drug-likeness (QED) is 0.167. The largest absolute Gasteiger partial charge is 0.417 e. The Hall–Kier alpha value is -8.65. The molecule has 0 atom stereocenters. The van der Waals surface area contributed by atoms with Crippen molar-refractivity contribution in [3.8, 4) is 68.0 Å². The molecule has 0 aliphatic carbocycles. The number of benzene rings is 9. The lowest BCUT2D eigenvalue weighted by atomic mass is 9.92. The molecule has 7 heteroatoms. The maximum atomic E-state index is 14.9. The smallest absolute Gasteiger partial charge is 0.309 e. The maximum absolute atomic E-state index is 14.9. The number of rotatable bonds is 6. The van der Waals surface area contributed by atoms with Gasteiger partial charge in [-0.1, -0.05) is 126 Å². The Morgan fingerprint density at radius 3 is 1.38 bits per heavy atom. The van der Waals surface area contributed by atoms with Crippen molar-refractivity contribution in [2.45, 2.75) is 20.0 Å². The predicted octanol–water partition coefficient (Wildman–Crippen LogP) is 15.9. The average molecular weight is 859 g/mol. The van der Waals surface area contributed by atoms with E-state index in [-0.39, 0.29) is 11.1 Å². The highest BCUT2D eigenvalue weighted by Crippen LogP contribution is 2.45. The first-order chi connectivity index (χ1) is 32.1. The van der Waals surface area contributed by atoms with Crippen molar-refractivity contribution in [2.24, 2.45) is 0 Å². The number of hydrogen-bond acceptors (Lipinski definition) is 2. The van der Waals surface area contributed by atoms with Crippen molar-refractivity contribution in [3.63, 3.8) is 0 Å². The number of para-hydroxylation sites is 2. The van der Waals surface area contributed by atoms with Crippen molar-refractivity contribution < 1.29 is 13.2 Å². The standard InChI is InChI=1S/C59H37F3N4/c1-36-11-17-40(18-12-36)42-22-27-56-50(31-42)46-7-3-5-9-53(46)65(56)55-26-16-38(34-63)29-49(55)48-25-21-44(45-24-15-39(35-64)30-52(45)59(60,61)62)33-58(48)66-54-10-6-4-8-47(54)51-32-43(23-28-57(51)66)41-19-13-37(2)14-20-41/h3-33H,1-2H3. The van der Waals surface area contributed by atoms with Gasteiger partial charge in [0, 0.05) is 32.7 Å². The number of alkyl halides is 3. The number of nitriles is 2. The van der Waals surface area contributed by atoms with Gasteiger partial charge in [-0.05, 0) is 120 Å². The zero-order valence-electron chi connectivity index (χ0n) is 35.8. The molecular formula is C59H37F3N4. The third kappa shape index (κ3) is 6.69. The minimum absolute atomic E-state index is 0.0468. The van der Waals surface area contributed by atoms with Crippen molar-refractivity contribution >= 4 is 43.6 Å². The fraction of sp³-hybridized carbons (Fsp3) is 0.0508. The Balaban J connectivity index is 1.22. The molecule has 0 aliphatic rings. The van der Waals surface area contributed by atoms with E-state index in [1.165, 1.54) is 17.7 Å². The molecule has 11 rings (SSSR count). The van der Waals surface area contributed by atoms with Crippen LogP contribution >= 0.6 is 0 Å². The van der Waals surface area contributed by atoms with E-state index in [1.54, 1.807) is 6.07 Å². The summed E-state index contributed by atoms with van der Waals surface area (Å²) in [6.07, 6.45) is -4.73. The molecule has 0 unspecified atom stereocenters. The van der Waals surface area contributed by atoms with Crippen LogP contribution in [0.1, 0.15) is 27.8 Å². The minimum atomic E-state index is -4.73. The summed E-state index contributed by atoms with van der Waals surface area (Å²) in [7, 11) is 0. The van der Waals surface area contributed by atoms with E-state index in [0.29, 0.717) is 22.4 Å². The molecular weight excluding hydrogens is 822 g/mol. The van der Waals surface area contributed by atoms with E-state index in [9.17, 15) is 23.7 Å². The molecule has 314 valence electrons. The average Bonchev–Trinajstić information content (AvgIpc) is 3.85. The third-order valence-corrected chi connectivity index (χ3v) is 12.8. The molecule has 0 saturated heterocycles. The topological polar surface area (TPSA) is 57.4 Å². The number of fused-ring (bicyclic) bond motifs is 6. The van der Waals surface area contributed by atoms with E-state index in [0.717, 1.165) is 88.7 Å². The first-order valence-corrected chi connectivity index (χ1v) is 21.6. The fourth-order valence-corrected chi connectivity index (χ4v) is 9.54. The number of halogens is 3. The Labute approximate surface area is 378 Å². The summed E-state index contributed by atoms with van der Waals surface area (Å²) in [5, 5.41) is 24.2. The molecule has 9 aromatic carbocycles. The molecule has 66 heavy (non-hydrogen) atoms. The predicted molar refractivity (Wildman–Crippen MR) is 261 cm³/mol. The van der Waals surface area contributed by atoms with Gasteiger partial charge in [-0.2, -0.15) is 23.7 Å². The second kappa shape index (κ2) is 15.6. The molecule has 4 nitrogen and oxygen atoms in total. The molecule has 0 N–H and O–H groups in total. The van der Waals surface area contributed by atoms with Gasteiger partial charge >= 0.3 is 6.18 Å². The second-order valence-corrected chi connectivity index (χ2v) is 16.8. The third-order valence-electron chi connectivity index (χ3n) is 12.8. The summed E-state index contributed by atoms with van der Waals surface area (Å²) in [4.78, 5) is 0. The molecule has 2 heterocycles. The molecule has 0 radical (unpaired) electrons. The van der Waals surface area contributed by atoms with Crippen LogP contribution in [0.5, 0.6) is 0 Å². The first kappa shape index (κ1) is 40.1. The van der Waals surface area contributed by atoms with Gasteiger partial charge in [0.2, 0.25) is 0 Å². The van der Waals surface area contributed by atoms with Gasteiger partial charge in [0.05, 0.1) is 62.3 Å². The fourth-order valence-electron chi connectivity index (χ4n) is 9.54. The van der Waals surface area contributed by atoms with E-state index < -0.39 is 11.7 Å². The lowest BCUT2D eigenvalue weighted by Gasteiger charge is -2.21. The van der Waals surface area contributed by atoms with Gasteiger partial charge < -0.3 is 9.13 Å². The van der Waals surface area contributed by atoms with Gasteiger partial charge in [0.15, 0.2) is 0 Å². The van der Waals surface area contributed by atoms with Crippen molar-refractivity contribution in [3.05, 3.63) is 216 Å². The lowest BCUT2D eigenvalue weighted by Crippen LogP contribution is -2.08. The Morgan fingerprint density at radius 1 is 0.379 bits per heavy atom. The van der Waals surface area contributed by atoms with Gasteiger partial charge in [-0.15, -0.1) is 0 Å². The minimum Gasteiger partial charge on any atom is -0.309 e. The molecule has 0 bridgehead atoms. The highest BCUT2D eigenvalue weighted by atomic mass is 19.4. The van der Waals surface area contributed by atoms with Crippen molar-refractivity contribution in [1.29, 1.82) is 10.5 Å². The molecule has 0 spiro atoms. The van der Waals surface area contributed by atoms with Crippen LogP contribution in [0.3, 0.4) is 0 Å².